The van der Waals surface area contributed by atoms with E-state index in [1.807, 2.05) is 30.3 Å². The highest BCUT2D eigenvalue weighted by molar-refractivity contribution is 5.95. The van der Waals surface area contributed by atoms with Crippen molar-refractivity contribution in [1.82, 2.24) is 14.7 Å². The van der Waals surface area contributed by atoms with Crippen LogP contribution in [-0.2, 0) is 40.0 Å². The van der Waals surface area contributed by atoms with Crippen LogP contribution >= 0.6 is 0 Å². The molecule has 2 fully saturated rings. The van der Waals surface area contributed by atoms with Crippen LogP contribution in [0.3, 0.4) is 0 Å². The van der Waals surface area contributed by atoms with Crippen molar-refractivity contribution in [3.8, 4) is 0 Å². The van der Waals surface area contributed by atoms with Crippen LogP contribution < -0.4 is 0 Å². The molecule has 11 heteroatoms. The zero-order valence-corrected chi connectivity index (χ0v) is 24.3. The number of nitrogens with zero attached hydrogens (tertiary/aromatic N) is 3. The van der Waals surface area contributed by atoms with Gasteiger partial charge in [0.15, 0.2) is 0 Å². The van der Waals surface area contributed by atoms with E-state index in [4.69, 9.17) is 14.2 Å². The van der Waals surface area contributed by atoms with Crippen LogP contribution in [0.1, 0.15) is 66.4 Å². The summed E-state index contributed by atoms with van der Waals surface area (Å²) in [7, 11) is 0. The molecule has 0 aliphatic carbocycles. The molecule has 0 N–H and O–H groups in total. The van der Waals surface area contributed by atoms with E-state index in [9.17, 15) is 24.0 Å². The summed E-state index contributed by atoms with van der Waals surface area (Å²) in [6, 6.07) is 7.22. The molecule has 0 spiro atoms. The van der Waals surface area contributed by atoms with Crippen molar-refractivity contribution in [3.05, 3.63) is 35.9 Å². The third kappa shape index (κ3) is 8.69. The van der Waals surface area contributed by atoms with E-state index < -0.39 is 53.1 Å². The maximum absolute atomic E-state index is 13.8. The largest absolute Gasteiger partial charge is 0.460 e. The standard InChI is InChI=1S/C29H41N3O8/c1-28(2,3)39-23(33)17-22-25(35)30(18-24(34)40-29(4,5)6)15-16-31(22)26(36)21-13-10-14-32(21)27(37)38-19-20-11-8-7-9-12-20/h7-9,11-12,21-22H,10,13-19H2,1-6H3/t21-,22?/m0/s1. The Morgan fingerprint density at radius 1 is 0.850 bits per heavy atom. The highest BCUT2D eigenvalue weighted by Gasteiger charge is 2.45. The molecule has 2 aliphatic rings. The van der Waals surface area contributed by atoms with Gasteiger partial charge in [-0.1, -0.05) is 30.3 Å². The van der Waals surface area contributed by atoms with Crippen LogP contribution in [0.4, 0.5) is 4.79 Å². The molecule has 0 saturated carbocycles. The predicted octanol–water partition coefficient (Wildman–Crippen LogP) is 2.90. The summed E-state index contributed by atoms with van der Waals surface area (Å²) in [5.74, 6) is -2.21. The van der Waals surface area contributed by atoms with E-state index in [1.165, 1.54) is 14.7 Å². The Bertz CT molecular complexity index is 1090. The minimum absolute atomic E-state index is 0.0696. The lowest BCUT2D eigenvalue weighted by atomic mass is 10.0. The molecule has 220 valence electrons. The third-order valence-electron chi connectivity index (χ3n) is 6.36. The Kier molecular flexibility index (Phi) is 9.81. The number of ether oxygens (including phenoxy) is 3. The summed E-state index contributed by atoms with van der Waals surface area (Å²) >= 11 is 0. The van der Waals surface area contributed by atoms with Gasteiger partial charge in [-0.25, -0.2) is 4.79 Å². The van der Waals surface area contributed by atoms with Crippen molar-refractivity contribution >= 4 is 29.8 Å². The van der Waals surface area contributed by atoms with Gasteiger partial charge in [-0.3, -0.25) is 24.1 Å². The number of carbonyl (C=O) groups is 5. The summed E-state index contributed by atoms with van der Waals surface area (Å²) in [6.45, 7) is 10.6. The molecular weight excluding hydrogens is 518 g/mol. The third-order valence-corrected chi connectivity index (χ3v) is 6.36. The highest BCUT2D eigenvalue weighted by Crippen LogP contribution is 2.25. The second kappa shape index (κ2) is 12.7. The lowest BCUT2D eigenvalue weighted by Gasteiger charge is -2.42. The zero-order valence-electron chi connectivity index (χ0n) is 24.3. The summed E-state index contributed by atoms with van der Waals surface area (Å²) in [6.07, 6.45) is 0.0150. The van der Waals surface area contributed by atoms with Crippen molar-refractivity contribution in [3.63, 3.8) is 0 Å². The van der Waals surface area contributed by atoms with E-state index in [2.05, 4.69) is 0 Å². The summed E-state index contributed by atoms with van der Waals surface area (Å²) in [4.78, 5) is 69.5. The van der Waals surface area contributed by atoms with Crippen LogP contribution in [0, 0.1) is 0 Å². The quantitative estimate of drug-likeness (QED) is 0.369. The first-order valence-electron chi connectivity index (χ1n) is 13.6. The molecule has 0 bridgehead atoms. The molecule has 0 aromatic heterocycles. The highest BCUT2D eigenvalue weighted by atomic mass is 16.6. The fourth-order valence-corrected chi connectivity index (χ4v) is 4.76. The Balaban J connectivity index is 1.75. The molecule has 11 nitrogen and oxygen atoms in total. The molecule has 2 atom stereocenters. The SMILES string of the molecule is CC(C)(C)OC(=O)CC1C(=O)N(CC(=O)OC(C)(C)C)CCN1C(=O)[C@@H]1CCCN1C(=O)OCc1ccccc1. The number of likely N-dealkylation sites (tertiary alicyclic amines) is 1. The fourth-order valence-electron chi connectivity index (χ4n) is 4.76. The van der Waals surface area contributed by atoms with E-state index in [0.717, 1.165) is 5.56 Å². The van der Waals surface area contributed by atoms with Crippen molar-refractivity contribution in [2.45, 2.75) is 90.7 Å². The molecule has 2 heterocycles. The average molecular weight is 560 g/mol. The second-order valence-corrected chi connectivity index (χ2v) is 12.1. The van der Waals surface area contributed by atoms with Gasteiger partial charge in [0.25, 0.3) is 0 Å². The van der Waals surface area contributed by atoms with Gasteiger partial charge in [-0.05, 0) is 59.9 Å². The van der Waals surface area contributed by atoms with Crippen molar-refractivity contribution in [1.29, 1.82) is 0 Å². The number of benzene rings is 1. The molecule has 3 amide bonds. The molecule has 0 radical (unpaired) electrons. The molecule has 1 aromatic rings. The van der Waals surface area contributed by atoms with Crippen molar-refractivity contribution < 1.29 is 38.2 Å². The van der Waals surface area contributed by atoms with Gasteiger partial charge < -0.3 is 24.0 Å². The monoisotopic (exact) mass is 559 g/mol. The second-order valence-electron chi connectivity index (χ2n) is 12.1. The van der Waals surface area contributed by atoms with Crippen molar-refractivity contribution in [2.24, 2.45) is 0 Å². The van der Waals surface area contributed by atoms with Gasteiger partial charge in [-0.15, -0.1) is 0 Å². The van der Waals surface area contributed by atoms with E-state index in [1.54, 1.807) is 41.5 Å². The van der Waals surface area contributed by atoms with Crippen LogP contribution in [0.15, 0.2) is 30.3 Å². The Labute approximate surface area is 235 Å². The van der Waals surface area contributed by atoms with Gasteiger partial charge in [0.05, 0.1) is 6.42 Å². The first kappa shape index (κ1) is 30.9. The normalized spacial score (nSPS) is 19.9. The van der Waals surface area contributed by atoms with E-state index >= 15 is 0 Å². The number of amides is 3. The van der Waals surface area contributed by atoms with Gasteiger partial charge in [-0.2, -0.15) is 0 Å². The maximum Gasteiger partial charge on any atom is 0.410 e. The minimum atomic E-state index is -1.18. The number of hydrogen-bond donors (Lipinski definition) is 0. The van der Waals surface area contributed by atoms with Gasteiger partial charge in [0, 0.05) is 19.6 Å². The first-order valence-corrected chi connectivity index (χ1v) is 13.6. The molecule has 2 saturated heterocycles. The molecule has 40 heavy (non-hydrogen) atoms. The number of esters is 2. The van der Waals surface area contributed by atoms with E-state index in [-0.39, 0.29) is 32.7 Å². The Hall–Kier alpha value is -3.63. The molecule has 3 rings (SSSR count). The van der Waals surface area contributed by atoms with Crippen molar-refractivity contribution in [2.75, 3.05) is 26.2 Å². The Morgan fingerprint density at radius 3 is 2.10 bits per heavy atom. The smallest absolute Gasteiger partial charge is 0.410 e. The maximum atomic E-state index is 13.8. The number of piperazine rings is 1. The van der Waals surface area contributed by atoms with Crippen LogP contribution in [-0.4, -0.2) is 94.0 Å². The number of hydrogen-bond acceptors (Lipinski definition) is 8. The van der Waals surface area contributed by atoms with Crippen LogP contribution in [0.2, 0.25) is 0 Å². The predicted molar refractivity (Wildman–Crippen MR) is 145 cm³/mol. The lowest BCUT2D eigenvalue weighted by Crippen LogP contribution is -2.63. The molecule has 1 unspecified atom stereocenters. The van der Waals surface area contributed by atoms with E-state index in [0.29, 0.717) is 19.4 Å². The molecule has 2 aliphatic heterocycles. The number of carbonyl (C=O) groups excluding carboxylic acids is 5. The first-order chi connectivity index (χ1) is 18.6. The summed E-state index contributed by atoms with van der Waals surface area (Å²) in [5, 5.41) is 0. The number of rotatable bonds is 7. The van der Waals surface area contributed by atoms with Gasteiger partial charge >= 0.3 is 18.0 Å². The average Bonchev–Trinajstić information content (AvgIpc) is 3.33. The Morgan fingerprint density at radius 2 is 1.48 bits per heavy atom. The topological polar surface area (TPSA) is 123 Å². The molecule has 1 aromatic carbocycles. The lowest BCUT2D eigenvalue weighted by molar-refractivity contribution is -0.167. The summed E-state index contributed by atoms with van der Waals surface area (Å²) < 4.78 is 16.3. The summed E-state index contributed by atoms with van der Waals surface area (Å²) in [5.41, 5.74) is -0.693. The minimum Gasteiger partial charge on any atom is -0.460 e. The van der Waals surface area contributed by atoms with Gasteiger partial charge in [0.1, 0.15) is 36.4 Å². The fraction of sp³-hybridized carbons (Fsp3) is 0.621. The van der Waals surface area contributed by atoms with Crippen LogP contribution in [0.5, 0.6) is 0 Å². The van der Waals surface area contributed by atoms with Gasteiger partial charge in [0.2, 0.25) is 11.8 Å². The molecular formula is C29H41N3O8. The zero-order chi connectivity index (χ0) is 29.7. The van der Waals surface area contributed by atoms with Crippen LogP contribution in [0.25, 0.3) is 0 Å².